The number of aliphatic hydroxyl groups is 1. The minimum Gasteiger partial charge on any atom is -0.396 e. The first-order valence-corrected chi connectivity index (χ1v) is 4.56. The standard InChI is InChI=1S/C9H15FO/c10-9-7-1-2-8(9)4-6(3-7)5-11/h6-9,11H,1-5H2/t6?,7-,8-,9?/m0/s1. The minimum absolute atomic E-state index is 0.264. The summed E-state index contributed by atoms with van der Waals surface area (Å²) in [5.74, 6) is 0.969. The van der Waals surface area contributed by atoms with Crippen molar-refractivity contribution >= 4 is 0 Å². The van der Waals surface area contributed by atoms with Gasteiger partial charge < -0.3 is 5.11 Å². The topological polar surface area (TPSA) is 20.2 Å². The molecule has 2 rings (SSSR count). The molecule has 2 fully saturated rings. The van der Waals surface area contributed by atoms with Gasteiger partial charge in [-0.25, -0.2) is 4.39 Å². The van der Waals surface area contributed by atoms with Gasteiger partial charge in [0.1, 0.15) is 6.17 Å². The average molecular weight is 158 g/mol. The molecule has 0 heterocycles. The van der Waals surface area contributed by atoms with Gasteiger partial charge in [0, 0.05) is 6.61 Å². The van der Waals surface area contributed by atoms with E-state index in [0.717, 1.165) is 25.7 Å². The molecule has 0 aliphatic heterocycles. The van der Waals surface area contributed by atoms with Crippen molar-refractivity contribution in [1.82, 2.24) is 0 Å². The zero-order valence-corrected chi connectivity index (χ0v) is 6.67. The van der Waals surface area contributed by atoms with Gasteiger partial charge in [0.15, 0.2) is 0 Å². The molecule has 0 amide bonds. The van der Waals surface area contributed by atoms with Crippen LogP contribution in [0.1, 0.15) is 25.7 Å². The molecule has 64 valence electrons. The molecule has 0 aromatic heterocycles. The van der Waals surface area contributed by atoms with E-state index < -0.39 is 6.17 Å². The Bertz CT molecular complexity index is 134. The van der Waals surface area contributed by atoms with Crippen LogP contribution in [0, 0.1) is 17.8 Å². The molecule has 11 heavy (non-hydrogen) atoms. The SMILES string of the molecule is OCC1C[C@@H]2CC[C@@H](C1)C2F. The van der Waals surface area contributed by atoms with Crippen LogP contribution in [0.4, 0.5) is 4.39 Å². The molecule has 2 heteroatoms. The third kappa shape index (κ3) is 1.18. The van der Waals surface area contributed by atoms with E-state index in [1.165, 1.54) is 0 Å². The molecular formula is C9H15FO. The summed E-state index contributed by atoms with van der Waals surface area (Å²) in [5.41, 5.74) is 0. The first-order chi connectivity index (χ1) is 5.31. The van der Waals surface area contributed by atoms with Crippen molar-refractivity contribution in [3.05, 3.63) is 0 Å². The third-order valence-corrected chi connectivity index (χ3v) is 3.34. The Morgan fingerprint density at radius 2 is 1.73 bits per heavy atom. The molecule has 0 aromatic rings. The maximum absolute atomic E-state index is 13.3. The lowest BCUT2D eigenvalue weighted by molar-refractivity contribution is 0.0847. The number of halogens is 1. The van der Waals surface area contributed by atoms with Crippen LogP contribution in [0.15, 0.2) is 0 Å². The number of alkyl halides is 1. The van der Waals surface area contributed by atoms with E-state index in [2.05, 4.69) is 0 Å². The molecule has 2 aliphatic rings. The van der Waals surface area contributed by atoms with Crippen LogP contribution in [0.2, 0.25) is 0 Å². The summed E-state index contributed by atoms with van der Waals surface area (Å²) < 4.78 is 13.3. The lowest BCUT2D eigenvalue weighted by atomic mass is 9.80. The van der Waals surface area contributed by atoms with E-state index in [0.29, 0.717) is 5.92 Å². The van der Waals surface area contributed by atoms with Gasteiger partial charge in [-0.05, 0) is 43.4 Å². The first-order valence-electron chi connectivity index (χ1n) is 4.56. The van der Waals surface area contributed by atoms with Crippen molar-refractivity contribution in [2.24, 2.45) is 17.8 Å². The van der Waals surface area contributed by atoms with Gasteiger partial charge in [-0.3, -0.25) is 0 Å². The quantitative estimate of drug-likeness (QED) is 0.616. The van der Waals surface area contributed by atoms with E-state index >= 15 is 0 Å². The second-order valence-electron chi connectivity index (χ2n) is 4.06. The Morgan fingerprint density at radius 3 is 2.18 bits per heavy atom. The largest absolute Gasteiger partial charge is 0.396 e. The highest BCUT2D eigenvalue weighted by molar-refractivity contribution is 4.92. The van der Waals surface area contributed by atoms with Crippen LogP contribution < -0.4 is 0 Å². The highest BCUT2D eigenvalue weighted by atomic mass is 19.1. The zero-order valence-electron chi connectivity index (χ0n) is 6.67. The molecule has 2 aliphatic carbocycles. The number of rotatable bonds is 1. The third-order valence-electron chi connectivity index (χ3n) is 3.34. The van der Waals surface area contributed by atoms with Gasteiger partial charge in [0.2, 0.25) is 0 Å². The summed E-state index contributed by atoms with van der Waals surface area (Å²) in [7, 11) is 0. The lowest BCUT2D eigenvalue weighted by Gasteiger charge is -2.29. The van der Waals surface area contributed by atoms with E-state index in [1.807, 2.05) is 0 Å². The Hall–Kier alpha value is -0.110. The maximum atomic E-state index is 13.3. The highest BCUT2D eigenvalue weighted by Crippen LogP contribution is 2.46. The van der Waals surface area contributed by atoms with Crippen molar-refractivity contribution in [1.29, 1.82) is 0 Å². The van der Waals surface area contributed by atoms with Gasteiger partial charge >= 0.3 is 0 Å². The van der Waals surface area contributed by atoms with Crippen LogP contribution in [0.5, 0.6) is 0 Å². The summed E-state index contributed by atoms with van der Waals surface area (Å²) in [5, 5.41) is 8.92. The molecule has 0 saturated heterocycles. The average Bonchev–Trinajstić information content (AvgIpc) is 2.26. The van der Waals surface area contributed by atoms with Crippen LogP contribution in [0.25, 0.3) is 0 Å². The number of fused-ring (bicyclic) bond motifs is 2. The predicted octanol–water partition coefficient (Wildman–Crippen LogP) is 1.75. The molecular weight excluding hydrogens is 143 g/mol. The molecule has 2 saturated carbocycles. The Kier molecular flexibility index (Phi) is 1.88. The number of hydrogen-bond acceptors (Lipinski definition) is 1. The smallest absolute Gasteiger partial charge is 0.106 e. The van der Waals surface area contributed by atoms with E-state index in [1.54, 1.807) is 0 Å². The fourth-order valence-electron chi connectivity index (χ4n) is 2.73. The summed E-state index contributed by atoms with van der Waals surface area (Å²) in [4.78, 5) is 0. The Balaban J connectivity index is 2.02. The van der Waals surface area contributed by atoms with Crippen molar-refractivity contribution in [3.63, 3.8) is 0 Å². The second kappa shape index (κ2) is 2.74. The minimum atomic E-state index is -0.544. The van der Waals surface area contributed by atoms with Crippen molar-refractivity contribution in [3.8, 4) is 0 Å². The predicted molar refractivity (Wildman–Crippen MR) is 40.9 cm³/mol. The number of aliphatic hydroxyl groups excluding tert-OH is 1. The summed E-state index contributed by atoms with van der Waals surface area (Å²) in [6.45, 7) is 0.264. The summed E-state index contributed by atoms with van der Waals surface area (Å²) in [6.07, 6.45) is 3.42. The van der Waals surface area contributed by atoms with Gasteiger partial charge in [0.05, 0.1) is 0 Å². The Labute approximate surface area is 66.6 Å². The lowest BCUT2D eigenvalue weighted by Crippen LogP contribution is -2.28. The fourth-order valence-corrected chi connectivity index (χ4v) is 2.73. The highest BCUT2D eigenvalue weighted by Gasteiger charge is 2.42. The zero-order chi connectivity index (χ0) is 7.84. The van der Waals surface area contributed by atoms with Crippen LogP contribution >= 0.6 is 0 Å². The van der Waals surface area contributed by atoms with Gasteiger partial charge in [0.25, 0.3) is 0 Å². The maximum Gasteiger partial charge on any atom is 0.106 e. The van der Waals surface area contributed by atoms with Crippen LogP contribution in [-0.4, -0.2) is 17.9 Å². The van der Waals surface area contributed by atoms with E-state index in [9.17, 15) is 4.39 Å². The molecule has 0 spiro atoms. The Morgan fingerprint density at radius 1 is 1.18 bits per heavy atom. The van der Waals surface area contributed by atoms with Gasteiger partial charge in [-0.2, -0.15) is 0 Å². The molecule has 0 aromatic carbocycles. The molecule has 2 bridgehead atoms. The van der Waals surface area contributed by atoms with Gasteiger partial charge in [-0.15, -0.1) is 0 Å². The second-order valence-corrected chi connectivity index (χ2v) is 4.06. The normalized spacial score (nSPS) is 49.6. The molecule has 2 atom stereocenters. The molecule has 0 unspecified atom stereocenters. The van der Waals surface area contributed by atoms with Crippen molar-refractivity contribution in [2.45, 2.75) is 31.9 Å². The van der Waals surface area contributed by atoms with Crippen molar-refractivity contribution < 1.29 is 9.50 Å². The van der Waals surface area contributed by atoms with E-state index in [-0.39, 0.29) is 18.4 Å². The van der Waals surface area contributed by atoms with Crippen molar-refractivity contribution in [2.75, 3.05) is 6.61 Å². The van der Waals surface area contributed by atoms with Crippen LogP contribution in [0.3, 0.4) is 0 Å². The fraction of sp³-hybridized carbons (Fsp3) is 1.00. The molecule has 1 nitrogen and oxygen atoms in total. The molecule has 0 radical (unpaired) electrons. The molecule has 1 N–H and O–H groups in total. The van der Waals surface area contributed by atoms with Gasteiger partial charge in [-0.1, -0.05) is 0 Å². The monoisotopic (exact) mass is 158 g/mol. The van der Waals surface area contributed by atoms with Crippen LogP contribution in [-0.2, 0) is 0 Å². The summed E-state index contributed by atoms with van der Waals surface area (Å²) in [6, 6.07) is 0. The summed E-state index contributed by atoms with van der Waals surface area (Å²) >= 11 is 0. The first kappa shape index (κ1) is 7.53. The van der Waals surface area contributed by atoms with E-state index in [4.69, 9.17) is 5.11 Å². The number of hydrogen-bond donors (Lipinski definition) is 1.